The van der Waals surface area contributed by atoms with Gasteiger partial charge in [0.1, 0.15) is 6.61 Å². The number of amides is 1. The maximum absolute atomic E-state index is 13.0. The van der Waals surface area contributed by atoms with Crippen molar-refractivity contribution in [3.05, 3.63) is 93.0 Å². The van der Waals surface area contributed by atoms with Crippen LogP contribution < -0.4 is 24.4 Å². The van der Waals surface area contributed by atoms with Crippen LogP contribution in [0.4, 0.5) is 18.9 Å². The van der Waals surface area contributed by atoms with Crippen molar-refractivity contribution >= 4 is 29.4 Å². The van der Waals surface area contributed by atoms with Gasteiger partial charge in [-0.15, -0.1) is 0 Å². The number of benzene rings is 3. The Kier molecular flexibility index (Phi) is 10.1. The Morgan fingerprint density at radius 2 is 1.83 bits per heavy atom. The number of ether oxygens (including phenoxy) is 4. The van der Waals surface area contributed by atoms with Crippen LogP contribution in [0.2, 0.25) is 5.02 Å². The van der Waals surface area contributed by atoms with Gasteiger partial charge in [-0.1, -0.05) is 24.3 Å². The lowest BCUT2D eigenvalue weighted by Crippen LogP contribution is -2.17. The van der Waals surface area contributed by atoms with Gasteiger partial charge in [-0.05, 0) is 55.0 Å². The smallest absolute Gasteiger partial charge is 0.416 e. The topological polar surface area (TPSA) is 122 Å². The summed E-state index contributed by atoms with van der Waals surface area (Å²) in [6, 6.07) is 9.18. The van der Waals surface area contributed by atoms with Crippen LogP contribution in [0.15, 0.2) is 66.3 Å². The summed E-state index contributed by atoms with van der Waals surface area (Å²) >= 11 is 6.34. The van der Waals surface area contributed by atoms with E-state index in [1.165, 1.54) is 37.6 Å². The standard InChI is InChI=1S/C27H23ClF3N3O7/c1-4-10-40-22-8-6-17(13-23(22)38-3)26(35)33-32-15-16-11-19(28)25(24(12-16)39-5-2)41-21-9-7-18(27(29,30)31)14-20(21)34(36)37/h4,6-9,11-15H,1,5,10H2,2-3H3,(H,33,35)/b32-15+. The van der Waals surface area contributed by atoms with Crippen LogP contribution in [0.1, 0.15) is 28.4 Å². The predicted octanol–water partition coefficient (Wildman–Crippen LogP) is 6.80. The van der Waals surface area contributed by atoms with Crippen LogP contribution >= 0.6 is 11.6 Å². The molecule has 0 atom stereocenters. The number of methoxy groups -OCH3 is 1. The van der Waals surface area contributed by atoms with E-state index in [1.54, 1.807) is 19.1 Å². The molecule has 3 rings (SSSR count). The molecule has 216 valence electrons. The molecule has 3 aromatic rings. The van der Waals surface area contributed by atoms with Gasteiger partial charge in [-0.2, -0.15) is 18.3 Å². The second-order valence-electron chi connectivity index (χ2n) is 7.97. The second-order valence-corrected chi connectivity index (χ2v) is 8.37. The molecule has 0 aromatic heterocycles. The number of hydrogen-bond donors (Lipinski definition) is 1. The summed E-state index contributed by atoms with van der Waals surface area (Å²) in [7, 11) is 1.43. The van der Waals surface area contributed by atoms with Crippen molar-refractivity contribution in [2.45, 2.75) is 13.1 Å². The number of hydrogen-bond acceptors (Lipinski definition) is 8. The molecule has 0 heterocycles. The van der Waals surface area contributed by atoms with Gasteiger partial charge in [0.25, 0.3) is 5.91 Å². The summed E-state index contributed by atoms with van der Waals surface area (Å²) in [5.74, 6) is -0.406. The number of hydrazone groups is 1. The van der Waals surface area contributed by atoms with Crippen LogP contribution in [-0.2, 0) is 6.18 Å². The van der Waals surface area contributed by atoms with Crippen LogP contribution in [0.3, 0.4) is 0 Å². The summed E-state index contributed by atoms with van der Waals surface area (Å²) in [5, 5.41) is 15.3. The number of nitrogens with one attached hydrogen (secondary N) is 1. The van der Waals surface area contributed by atoms with Gasteiger partial charge < -0.3 is 18.9 Å². The number of nitrogens with zero attached hydrogens (tertiary/aromatic N) is 2. The number of carbonyl (C=O) groups excluding carboxylic acids is 1. The van der Waals surface area contributed by atoms with Crippen molar-refractivity contribution in [3.63, 3.8) is 0 Å². The van der Waals surface area contributed by atoms with Gasteiger partial charge in [0, 0.05) is 11.6 Å². The van der Waals surface area contributed by atoms with Gasteiger partial charge in [-0.25, -0.2) is 5.43 Å². The molecule has 0 saturated carbocycles. The molecule has 0 radical (unpaired) electrons. The van der Waals surface area contributed by atoms with Gasteiger partial charge >= 0.3 is 11.9 Å². The zero-order chi connectivity index (χ0) is 30.2. The minimum atomic E-state index is -4.79. The Morgan fingerprint density at radius 3 is 2.46 bits per heavy atom. The van der Waals surface area contributed by atoms with Crippen molar-refractivity contribution in [1.82, 2.24) is 5.43 Å². The van der Waals surface area contributed by atoms with Crippen molar-refractivity contribution in [1.29, 1.82) is 0 Å². The third-order valence-corrected chi connectivity index (χ3v) is 5.47. The van der Waals surface area contributed by atoms with Crippen LogP contribution in [0.5, 0.6) is 28.7 Å². The fourth-order valence-corrected chi connectivity index (χ4v) is 3.62. The monoisotopic (exact) mass is 593 g/mol. The summed E-state index contributed by atoms with van der Waals surface area (Å²) in [6.45, 7) is 5.61. The third kappa shape index (κ3) is 7.88. The van der Waals surface area contributed by atoms with Crippen molar-refractivity contribution in [2.24, 2.45) is 5.10 Å². The van der Waals surface area contributed by atoms with E-state index < -0.39 is 34.0 Å². The van der Waals surface area contributed by atoms with E-state index >= 15 is 0 Å². The summed E-state index contributed by atoms with van der Waals surface area (Å²) in [6.07, 6.45) is -1.96. The van der Waals surface area contributed by atoms with Gasteiger partial charge in [0.15, 0.2) is 23.0 Å². The quantitative estimate of drug-likeness (QED) is 0.106. The molecule has 0 unspecified atom stereocenters. The molecular formula is C27H23ClF3N3O7. The lowest BCUT2D eigenvalue weighted by atomic mass is 10.1. The summed E-state index contributed by atoms with van der Waals surface area (Å²) in [4.78, 5) is 23.0. The first kappa shape index (κ1) is 30.8. The zero-order valence-electron chi connectivity index (χ0n) is 21.7. The Balaban J connectivity index is 1.83. The molecule has 41 heavy (non-hydrogen) atoms. The van der Waals surface area contributed by atoms with Gasteiger partial charge in [-0.3, -0.25) is 14.9 Å². The average Bonchev–Trinajstić information content (AvgIpc) is 2.93. The van der Waals surface area contributed by atoms with E-state index in [0.717, 1.165) is 6.07 Å². The van der Waals surface area contributed by atoms with Crippen molar-refractivity contribution in [3.8, 4) is 28.7 Å². The molecule has 0 saturated heterocycles. The minimum absolute atomic E-state index is 0.0295. The Labute approximate surface area is 237 Å². The Bertz CT molecular complexity index is 1480. The van der Waals surface area contributed by atoms with E-state index in [2.05, 4.69) is 17.1 Å². The number of carbonyl (C=O) groups is 1. The van der Waals surface area contributed by atoms with Crippen LogP contribution in [-0.4, -0.2) is 37.4 Å². The van der Waals surface area contributed by atoms with Crippen LogP contribution in [0.25, 0.3) is 0 Å². The first-order valence-electron chi connectivity index (χ1n) is 11.7. The predicted molar refractivity (Wildman–Crippen MR) is 145 cm³/mol. The molecular weight excluding hydrogens is 571 g/mol. The average molecular weight is 594 g/mol. The molecule has 0 fully saturated rings. The lowest BCUT2D eigenvalue weighted by molar-refractivity contribution is -0.385. The molecule has 0 bridgehead atoms. The van der Waals surface area contributed by atoms with Crippen molar-refractivity contribution < 1.29 is 41.8 Å². The highest BCUT2D eigenvalue weighted by molar-refractivity contribution is 6.32. The molecule has 3 aromatic carbocycles. The molecule has 14 heteroatoms. The largest absolute Gasteiger partial charge is 0.493 e. The number of nitro groups is 1. The Hall–Kier alpha value is -4.78. The third-order valence-electron chi connectivity index (χ3n) is 5.19. The summed E-state index contributed by atoms with van der Waals surface area (Å²) in [5.41, 5.74) is 0.817. The maximum Gasteiger partial charge on any atom is 0.416 e. The maximum atomic E-state index is 13.0. The molecule has 0 spiro atoms. The minimum Gasteiger partial charge on any atom is -0.493 e. The van der Waals surface area contributed by atoms with Crippen LogP contribution in [0, 0.1) is 10.1 Å². The lowest BCUT2D eigenvalue weighted by Gasteiger charge is -2.15. The van der Waals surface area contributed by atoms with Gasteiger partial charge in [0.2, 0.25) is 5.75 Å². The first-order chi connectivity index (χ1) is 19.5. The number of nitro benzene ring substituents is 1. The second kappa shape index (κ2) is 13.5. The van der Waals surface area contributed by atoms with E-state index in [-0.39, 0.29) is 35.3 Å². The van der Waals surface area contributed by atoms with E-state index in [9.17, 15) is 28.1 Å². The molecule has 1 amide bonds. The number of halogens is 4. The van der Waals surface area contributed by atoms with E-state index in [1.807, 2.05) is 0 Å². The summed E-state index contributed by atoms with van der Waals surface area (Å²) < 4.78 is 60.9. The number of rotatable bonds is 12. The molecule has 0 aliphatic heterocycles. The van der Waals surface area contributed by atoms with Gasteiger partial charge in [0.05, 0.1) is 35.4 Å². The molecule has 1 N–H and O–H groups in total. The highest BCUT2D eigenvalue weighted by atomic mass is 35.5. The van der Waals surface area contributed by atoms with Crippen molar-refractivity contribution in [2.75, 3.05) is 20.3 Å². The normalized spacial score (nSPS) is 11.2. The number of alkyl halides is 3. The van der Waals surface area contributed by atoms with E-state index in [0.29, 0.717) is 29.2 Å². The fourth-order valence-electron chi connectivity index (χ4n) is 3.36. The SMILES string of the molecule is C=CCOc1ccc(C(=O)N/N=C/c2cc(Cl)c(Oc3ccc(C(F)(F)F)cc3[N+](=O)[O-])c(OCC)c2)cc1OC. The van der Waals surface area contributed by atoms with E-state index in [4.69, 9.17) is 30.5 Å². The molecule has 0 aliphatic carbocycles. The molecule has 10 nitrogen and oxygen atoms in total. The first-order valence-corrected chi connectivity index (χ1v) is 12.1. The highest BCUT2D eigenvalue weighted by Crippen LogP contribution is 2.43. The fraction of sp³-hybridized carbons (Fsp3) is 0.185. The highest BCUT2D eigenvalue weighted by Gasteiger charge is 2.33. The molecule has 0 aliphatic rings. The zero-order valence-corrected chi connectivity index (χ0v) is 22.4. The Morgan fingerprint density at radius 1 is 1.10 bits per heavy atom.